The number of benzene rings is 2. The Morgan fingerprint density at radius 3 is 2.48 bits per heavy atom. The summed E-state index contributed by atoms with van der Waals surface area (Å²) in [4.78, 5) is 17.5. The summed E-state index contributed by atoms with van der Waals surface area (Å²) >= 11 is 1.47. The molecule has 25 heavy (non-hydrogen) atoms. The fraction of sp³-hybridized carbons (Fsp3) is 0.150. The first kappa shape index (κ1) is 16.9. The fourth-order valence-corrected chi connectivity index (χ4v) is 3.26. The highest BCUT2D eigenvalue weighted by atomic mass is 32.1. The van der Waals surface area contributed by atoms with Crippen LogP contribution < -0.4 is 5.32 Å². The van der Waals surface area contributed by atoms with Crippen LogP contribution in [0.15, 0.2) is 54.7 Å². The molecule has 2 aromatic carbocycles. The molecule has 0 spiro atoms. The molecule has 0 aliphatic heterocycles. The highest BCUT2D eigenvalue weighted by Gasteiger charge is 2.08. The van der Waals surface area contributed by atoms with Crippen molar-refractivity contribution in [2.24, 2.45) is 0 Å². The highest BCUT2D eigenvalue weighted by molar-refractivity contribution is 7.15. The van der Waals surface area contributed by atoms with Gasteiger partial charge in [-0.3, -0.25) is 4.79 Å². The van der Waals surface area contributed by atoms with E-state index in [0.717, 1.165) is 22.4 Å². The topological polar surface area (TPSA) is 65.8 Å². The average molecular weight is 347 g/mol. The number of nitrogens with zero attached hydrogens (tertiary/aromatic N) is 2. The maximum atomic E-state index is 12.1. The Morgan fingerprint density at radius 1 is 1.12 bits per heavy atom. The molecule has 1 amide bonds. The average Bonchev–Trinajstić information content (AvgIpc) is 3.04. The molecule has 0 saturated carbocycles. The standard InChI is InChI=1S/C20H17N3OS/c1-14-2-4-16(5-3-14)11-19(24)23-20-22-13-18(25-20)10-15-6-8-17(12-21)9-7-15/h2-9,13H,10-11H2,1H3,(H,22,23,24). The lowest BCUT2D eigenvalue weighted by atomic mass is 10.1. The third-order valence-corrected chi connectivity index (χ3v) is 4.66. The van der Waals surface area contributed by atoms with Crippen LogP contribution in [0.5, 0.6) is 0 Å². The number of hydrogen-bond acceptors (Lipinski definition) is 4. The van der Waals surface area contributed by atoms with Crippen molar-refractivity contribution in [3.05, 3.63) is 81.9 Å². The molecule has 0 aliphatic rings. The molecule has 3 rings (SSSR count). The summed E-state index contributed by atoms with van der Waals surface area (Å²) in [6, 6.07) is 17.5. The molecule has 0 fully saturated rings. The number of carbonyl (C=O) groups is 1. The van der Waals surface area contributed by atoms with E-state index in [0.29, 0.717) is 17.1 Å². The minimum atomic E-state index is -0.0665. The molecule has 4 nitrogen and oxygen atoms in total. The minimum absolute atomic E-state index is 0.0665. The van der Waals surface area contributed by atoms with E-state index in [1.165, 1.54) is 16.9 Å². The maximum absolute atomic E-state index is 12.1. The summed E-state index contributed by atoms with van der Waals surface area (Å²) < 4.78 is 0. The number of carbonyl (C=O) groups excluding carboxylic acids is 1. The van der Waals surface area contributed by atoms with Crippen molar-refractivity contribution in [3.63, 3.8) is 0 Å². The SMILES string of the molecule is Cc1ccc(CC(=O)Nc2ncc(Cc3ccc(C#N)cc3)s2)cc1. The quantitative estimate of drug-likeness (QED) is 0.756. The largest absolute Gasteiger partial charge is 0.302 e. The number of thiazole rings is 1. The molecule has 1 heterocycles. The van der Waals surface area contributed by atoms with Gasteiger partial charge in [-0.15, -0.1) is 11.3 Å². The van der Waals surface area contributed by atoms with Crippen LogP contribution in [0, 0.1) is 18.3 Å². The van der Waals surface area contributed by atoms with Gasteiger partial charge in [-0.2, -0.15) is 5.26 Å². The van der Waals surface area contributed by atoms with Crippen molar-refractivity contribution in [1.82, 2.24) is 4.98 Å². The molecule has 124 valence electrons. The molecule has 0 aliphatic carbocycles. The van der Waals surface area contributed by atoms with Gasteiger partial charge in [-0.25, -0.2) is 4.98 Å². The van der Waals surface area contributed by atoms with E-state index in [-0.39, 0.29) is 5.91 Å². The van der Waals surface area contributed by atoms with E-state index in [1.807, 2.05) is 43.3 Å². The van der Waals surface area contributed by atoms with Gasteiger partial charge in [-0.05, 0) is 30.2 Å². The number of rotatable bonds is 5. The van der Waals surface area contributed by atoms with E-state index in [9.17, 15) is 4.79 Å². The number of nitriles is 1. The normalized spacial score (nSPS) is 10.2. The number of anilines is 1. The third-order valence-electron chi connectivity index (χ3n) is 3.75. The van der Waals surface area contributed by atoms with Crippen LogP contribution >= 0.6 is 11.3 Å². The van der Waals surface area contributed by atoms with Gasteiger partial charge < -0.3 is 5.32 Å². The van der Waals surface area contributed by atoms with Gasteiger partial charge in [0.05, 0.1) is 18.1 Å². The van der Waals surface area contributed by atoms with Crippen LogP contribution in [-0.4, -0.2) is 10.9 Å². The Hall–Kier alpha value is -2.97. The number of amides is 1. The zero-order chi connectivity index (χ0) is 17.6. The number of aromatic nitrogens is 1. The summed E-state index contributed by atoms with van der Waals surface area (Å²) in [5.74, 6) is -0.0665. The van der Waals surface area contributed by atoms with Crippen LogP contribution in [0.25, 0.3) is 0 Å². The van der Waals surface area contributed by atoms with Gasteiger partial charge in [-0.1, -0.05) is 42.0 Å². The number of nitrogens with one attached hydrogen (secondary N) is 1. The Morgan fingerprint density at radius 2 is 1.80 bits per heavy atom. The second-order valence-electron chi connectivity index (χ2n) is 5.83. The van der Waals surface area contributed by atoms with Crippen LogP contribution in [0.3, 0.4) is 0 Å². The van der Waals surface area contributed by atoms with Gasteiger partial charge in [0.25, 0.3) is 0 Å². The zero-order valence-electron chi connectivity index (χ0n) is 13.8. The summed E-state index contributed by atoms with van der Waals surface area (Å²) in [6.07, 6.45) is 2.85. The molecule has 0 atom stereocenters. The summed E-state index contributed by atoms with van der Waals surface area (Å²) in [6.45, 7) is 2.02. The Bertz CT molecular complexity index is 905. The van der Waals surface area contributed by atoms with Crippen molar-refractivity contribution in [2.75, 3.05) is 5.32 Å². The van der Waals surface area contributed by atoms with Crippen molar-refractivity contribution in [3.8, 4) is 6.07 Å². The van der Waals surface area contributed by atoms with Crippen molar-refractivity contribution >= 4 is 22.4 Å². The Balaban J connectivity index is 1.58. The molecule has 0 bridgehead atoms. The van der Waals surface area contributed by atoms with E-state index in [2.05, 4.69) is 16.4 Å². The van der Waals surface area contributed by atoms with Crippen LogP contribution in [0.1, 0.15) is 27.1 Å². The van der Waals surface area contributed by atoms with Gasteiger partial charge in [0.1, 0.15) is 0 Å². The second kappa shape index (κ2) is 7.73. The van der Waals surface area contributed by atoms with Crippen LogP contribution in [0.2, 0.25) is 0 Å². The second-order valence-corrected chi connectivity index (χ2v) is 6.94. The lowest BCUT2D eigenvalue weighted by molar-refractivity contribution is -0.115. The van der Waals surface area contributed by atoms with E-state index < -0.39 is 0 Å². The summed E-state index contributed by atoms with van der Waals surface area (Å²) in [5, 5.41) is 12.3. The smallest absolute Gasteiger partial charge is 0.230 e. The Labute approximate surface area is 150 Å². The molecule has 1 N–H and O–H groups in total. The first-order chi connectivity index (χ1) is 12.1. The maximum Gasteiger partial charge on any atom is 0.230 e. The predicted octanol–water partition coefficient (Wildman–Crippen LogP) is 4.10. The summed E-state index contributed by atoms with van der Waals surface area (Å²) in [7, 11) is 0. The van der Waals surface area contributed by atoms with Crippen LogP contribution in [0.4, 0.5) is 5.13 Å². The molecule has 5 heteroatoms. The van der Waals surface area contributed by atoms with Gasteiger partial charge in [0, 0.05) is 17.5 Å². The zero-order valence-corrected chi connectivity index (χ0v) is 14.6. The first-order valence-corrected chi connectivity index (χ1v) is 8.73. The highest BCUT2D eigenvalue weighted by Crippen LogP contribution is 2.21. The monoisotopic (exact) mass is 347 g/mol. The predicted molar refractivity (Wildman–Crippen MR) is 99.6 cm³/mol. The van der Waals surface area contributed by atoms with Gasteiger partial charge in [0.2, 0.25) is 5.91 Å². The number of hydrogen-bond donors (Lipinski definition) is 1. The van der Waals surface area contributed by atoms with Gasteiger partial charge >= 0.3 is 0 Å². The molecule has 1 aromatic heterocycles. The van der Waals surface area contributed by atoms with Gasteiger partial charge in [0.15, 0.2) is 5.13 Å². The van der Waals surface area contributed by atoms with E-state index in [4.69, 9.17) is 5.26 Å². The molecule has 0 radical (unpaired) electrons. The first-order valence-electron chi connectivity index (χ1n) is 7.91. The molecular formula is C20H17N3OS. The molecule has 3 aromatic rings. The summed E-state index contributed by atoms with van der Waals surface area (Å²) in [5.41, 5.74) is 3.92. The Kier molecular flexibility index (Phi) is 5.22. The van der Waals surface area contributed by atoms with E-state index in [1.54, 1.807) is 18.3 Å². The van der Waals surface area contributed by atoms with E-state index >= 15 is 0 Å². The van der Waals surface area contributed by atoms with Crippen LogP contribution in [-0.2, 0) is 17.6 Å². The number of aryl methyl sites for hydroxylation is 1. The van der Waals surface area contributed by atoms with Crippen molar-refractivity contribution in [2.45, 2.75) is 19.8 Å². The molecule has 0 unspecified atom stereocenters. The lowest BCUT2D eigenvalue weighted by Gasteiger charge is -2.02. The lowest BCUT2D eigenvalue weighted by Crippen LogP contribution is -2.14. The van der Waals surface area contributed by atoms with Crippen molar-refractivity contribution < 1.29 is 4.79 Å². The van der Waals surface area contributed by atoms with Crippen molar-refractivity contribution in [1.29, 1.82) is 5.26 Å². The fourth-order valence-electron chi connectivity index (χ4n) is 2.40. The minimum Gasteiger partial charge on any atom is -0.302 e. The third kappa shape index (κ3) is 4.75. The molecular weight excluding hydrogens is 330 g/mol. The molecule has 0 saturated heterocycles.